The van der Waals surface area contributed by atoms with Crippen molar-refractivity contribution < 1.29 is 14.3 Å². The average Bonchev–Trinajstić information content (AvgIpc) is 3.22. The second kappa shape index (κ2) is 19.6. The second-order valence-corrected chi connectivity index (χ2v) is 18.6. The molecule has 5 aromatic rings. The van der Waals surface area contributed by atoms with Gasteiger partial charge < -0.3 is 4.74 Å². The number of unbranched alkanes of at least 4 members (excludes halogenated alkanes) is 5. The molecule has 0 saturated heterocycles. The number of ketones is 2. The molecule has 0 radical (unpaired) electrons. The third-order valence-electron chi connectivity index (χ3n) is 12.0. The minimum Gasteiger partial charge on any atom is -0.493 e. The number of aryl methyl sites for hydroxylation is 3. The third-order valence-corrected chi connectivity index (χ3v) is 14.1. The van der Waals surface area contributed by atoms with E-state index in [0.29, 0.717) is 28.2 Å². The summed E-state index contributed by atoms with van der Waals surface area (Å²) in [6.45, 7) is 9.65. The van der Waals surface area contributed by atoms with Gasteiger partial charge in [-0.3, -0.25) is 9.59 Å². The molecular formula is C52H58O3S2. The summed E-state index contributed by atoms with van der Waals surface area (Å²) in [7, 11) is 0. The lowest BCUT2D eigenvalue weighted by Gasteiger charge is -2.29. The first kappa shape index (κ1) is 41.1. The molecule has 0 amide bonds. The summed E-state index contributed by atoms with van der Waals surface area (Å²) >= 11 is 3.10. The van der Waals surface area contributed by atoms with Gasteiger partial charge in [0.15, 0.2) is 11.6 Å². The molecule has 57 heavy (non-hydrogen) atoms. The molecule has 0 spiro atoms. The van der Waals surface area contributed by atoms with E-state index in [1.54, 1.807) is 23.9 Å². The molecule has 1 saturated carbocycles. The van der Waals surface area contributed by atoms with E-state index in [0.717, 1.165) is 49.8 Å². The van der Waals surface area contributed by atoms with E-state index in [-0.39, 0.29) is 11.6 Å². The Balaban J connectivity index is 1.00. The minimum atomic E-state index is -0.0902. The van der Waals surface area contributed by atoms with Gasteiger partial charge in [0, 0.05) is 41.8 Å². The molecule has 2 aliphatic carbocycles. The van der Waals surface area contributed by atoms with Gasteiger partial charge in [0.1, 0.15) is 5.75 Å². The van der Waals surface area contributed by atoms with Gasteiger partial charge in [-0.05, 0) is 128 Å². The number of carbonyl (C=O) groups is 2. The highest BCUT2D eigenvalue weighted by molar-refractivity contribution is 7.99. The zero-order valence-electron chi connectivity index (χ0n) is 34.3. The molecule has 0 bridgehead atoms. The van der Waals surface area contributed by atoms with Crippen molar-refractivity contribution in [1.29, 1.82) is 0 Å². The van der Waals surface area contributed by atoms with Crippen LogP contribution in [-0.4, -0.2) is 18.2 Å². The Kier molecular flexibility index (Phi) is 14.1. The minimum absolute atomic E-state index is 0.0867. The maximum atomic E-state index is 14.2. The van der Waals surface area contributed by atoms with Crippen LogP contribution in [-0.2, 0) is 6.42 Å². The maximum absolute atomic E-state index is 14.2. The Morgan fingerprint density at radius 2 is 1.11 bits per heavy atom. The average molecular weight is 795 g/mol. The monoisotopic (exact) mass is 794 g/mol. The van der Waals surface area contributed by atoms with Crippen LogP contribution in [0.5, 0.6) is 5.75 Å². The third kappa shape index (κ3) is 9.98. The normalized spacial score (nSPS) is 16.4. The van der Waals surface area contributed by atoms with Crippen molar-refractivity contribution >= 4 is 35.1 Å². The smallest absolute Gasteiger partial charge is 0.195 e. The van der Waals surface area contributed by atoms with Gasteiger partial charge >= 0.3 is 0 Å². The Hall–Kier alpha value is -4.06. The number of hydrogen-bond donors (Lipinski definition) is 0. The van der Waals surface area contributed by atoms with E-state index in [2.05, 4.69) is 88.4 Å². The van der Waals surface area contributed by atoms with E-state index in [1.165, 1.54) is 111 Å². The Morgan fingerprint density at radius 1 is 0.579 bits per heavy atom. The zero-order chi connectivity index (χ0) is 39.7. The van der Waals surface area contributed by atoms with Crippen molar-refractivity contribution in [2.75, 3.05) is 6.61 Å². The Bertz CT molecular complexity index is 2140. The maximum Gasteiger partial charge on any atom is 0.195 e. The zero-order valence-corrected chi connectivity index (χ0v) is 36.0. The van der Waals surface area contributed by atoms with Gasteiger partial charge in [-0.1, -0.05) is 144 Å². The molecule has 3 nitrogen and oxygen atoms in total. The lowest BCUT2D eigenvalue weighted by Crippen LogP contribution is -2.22. The fraction of sp³-hybridized carbons (Fsp3) is 0.385. The van der Waals surface area contributed by atoms with Crippen molar-refractivity contribution in [3.63, 3.8) is 0 Å². The molecule has 5 heteroatoms. The van der Waals surface area contributed by atoms with Crippen LogP contribution in [0.3, 0.4) is 0 Å². The summed E-state index contributed by atoms with van der Waals surface area (Å²) in [5, 5.41) is 0. The largest absolute Gasteiger partial charge is 0.493 e. The van der Waals surface area contributed by atoms with Crippen LogP contribution >= 0.6 is 23.5 Å². The fourth-order valence-corrected chi connectivity index (χ4v) is 10.7. The predicted octanol–water partition coefficient (Wildman–Crippen LogP) is 14.9. The van der Waals surface area contributed by atoms with Crippen LogP contribution < -0.4 is 4.74 Å². The molecule has 0 atom stereocenters. The van der Waals surface area contributed by atoms with Crippen molar-refractivity contribution in [3.05, 3.63) is 136 Å². The van der Waals surface area contributed by atoms with E-state index in [4.69, 9.17) is 4.74 Å². The number of rotatable bonds is 17. The van der Waals surface area contributed by atoms with Crippen molar-refractivity contribution in [3.8, 4) is 16.9 Å². The summed E-state index contributed by atoms with van der Waals surface area (Å²) in [6, 6.07) is 33.0. The van der Waals surface area contributed by atoms with Gasteiger partial charge in [-0.25, -0.2) is 0 Å². The first-order chi connectivity index (χ1) is 27.8. The molecule has 296 valence electrons. The van der Waals surface area contributed by atoms with E-state index < -0.39 is 0 Å². The van der Waals surface area contributed by atoms with Crippen molar-refractivity contribution in [2.24, 2.45) is 11.8 Å². The van der Waals surface area contributed by atoms with Crippen molar-refractivity contribution in [1.82, 2.24) is 0 Å². The summed E-state index contributed by atoms with van der Waals surface area (Å²) in [5.41, 5.74) is 7.96. The van der Waals surface area contributed by atoms with Crippen LogP contribution in [0.1, 0.15) is 139 Å². The van der Waals surface area contributed by atoms with E-state index in [1.807, 2.05) is 24.3 Å². The number of hydrogen-bond acceptors (Lipinski definition) is 5. The first-order valence-corrected chi connectivity index (χ1v) is 23.1. The number of ether oxygens (including phenoxy) is 1. The molecule has 7 rings (SSSR count). The van der Waals surface area contributed by atoms with Gasteiger partial charge in [0.2, 0.25) is 0 Å². The predicted molar refractivity (Wildman–Crippen MR) is 239 cm³/mol. The standard InChI is InChI=1S/C52H58O3S2/c1-5-7-9-11-15-38-24-28-42(29-25-38)56-46-18-12-16-44-48(46)50(53)45-17-13-19-47(49(45)51(44)54)57-43-30-26-40(27-31-43)41-32-35(3)52(36(4)33-41)55-34-39-22-20-37(21-23-39)14-10-8-6-2/h12-13,16-19,24-33,37,39H,5-11,14-15,20-23,34H2,1-4H3. The van der Waals surface area contributed by atoms with Crippen LogP contribution in [0.2, 0.25) is 0 Å². The first-order valence-electron chi connectivity index (χ1n) is 21.5. The highest BCUT2D eigenvalue weighted by atomic mass is 32.2. The summed E-state index contributed by atoms with van der Waals surface area (Å²) in [6.07, 6.45) is 16.8. The molecule has 0 aromatic heterocycles. The highest BCUT2D eigenvalue weighted by Gasteiger charge is 2.34. The Morgan fingerprint density at radius 3 is 1.67 bits per heavy atom. The number of carbonyl (C=O) groups excluding carboxylic acids is 2. The summed E-state index contributed by atoms with van der Waals surface area (Å²) < 4.78 is 6.50. The van der Waals surface area contributed by atoms with E-state index in [9.17, 15) is 9.59 Å². The lowest BCUT2D eigenvalue weighted by atomic mass is 9.80. The molecule has 2 aliphatic rings. The molecule has 0 N–H and O–H groups in total. The summed E-state index contributed by atoms with van der Waals surface area (Å²) in [4.78, 5) is 32.1. The topological polar surface area (TPSA) is 43.4 Å². The van der Waals surface area contributed by atoms with Crippen LogP contribution in [0, 0.1) is 25.7 Å². The molecule has 0 unspecified atom stereocenters. The number of benzene rings is 5. The Labute approximate surface area is 349 Å². The van der Waals surface area contributed by atoms with E-state index >= 15 is 0 Å². The number of fused-ring (bicyclic) bond motifs is 2. The highest BCUT2D eigenvalue weighted by Crippen LogP contribution is 2.42. The molecular weight excluding hydrogens is 737 g/mol. The van der Waals surface area contributed by atoms with Crippen molar-refractivity contribution in [2.45, 2.75) is 131 Å². The fourth-order valence-electron chi connectivity index (χ4n) is 8.71. The van der Waals surface area contributed by atoms with Gasteiger partial charge in [0.25, 0.3) is 0 Å². The lowest BCUT2D eigenvalue weighted by molar-refractivity contribution is 0.0974. The van der Waals surface area contributed by atoms with Crippen LogP contribution in [0.15, 0.2) is 117 Å². The quantitative estimate of drug-likeness (QED) is 0.0861. The SMILES string of the molecule is CCCCCCc1ccc(Sc2cccc3c2C(=O)c2cccc(Sc4ccc(-c5cc(C)c(OCC6CCC(CCCCC)CC6)c(C)c5)cc4)c2C3=O)cc1. The van der Waals surface area contributed by atoms with Crippen LogP contribution in [0.25, 0.3) is 11.1 Å². The van der Waals surface area contributed by atoms with Crippen LogP contribution in [0.4, 0.5) is 0 Å². The molecule has 1 fully saturated rings. The summed E-state index contributed by atoms with van der Waals surface area (Å²) in [5.74, 6) is 2.42. The van der Waals surface area contributed by atoms with Gasteiger partial charge in [-0.2, -0.15) is 0 Å². The molecule has 0 aliphatic heterocycles. The molecule has 5 aromatic carbocycles. The second-order valence-electron chi connectivity index (χ2n) is 16.3. The van der Waals surface area contributed by atoms with Gasteiger partial charge in [-0.15, -0.1) is 0 Å². The molecule has 0 heterocycles. The van der Waals surface area contributed by atoms with Gasteiger partial charge in [0.05, 0.1) is 6.61 Å².